The molecular weight excluding hydrogens is 394 g/mol. The first kappa shape index (κ1) is 21.4. The maximum Gasteiger partial charge on any atom is 0.329 e. The monoisotopic (exact) mass is 425 g/mol. The predicted octanol–water partition coefficient (Wildman–Crippen LogP) is 2.49. The van der Waals surface area contributed by atoms with Crippen LogP contribution in [0.5, 0.6) is 5.75 Å². The number of aromatic amines is 1. The minimum Gasteiger partial charge on any atom is -0.492 e. The Bertz CT molecular complexity index is 1110. The third-order valence-electron chi connectivity index (χ3n) is 6.88. The van der Waals surface area contributed by atoms with E-state index in [1.54, 1.807) is 11.7 Å². The molecule has 2 heterocycles. The Hall–Kier alpha value is -2.79. The van der Waals surface area contributed by atoms with E-state index < -0.39 is 0 Å². The fourth-order valence-electron chi connectivity index (χ4n) is 4.97. The van der Waals surface area contributed by atoms with Crippen LogP contribution in [-0.2, 0) is 0 Å². The summed E-state index contributed by atoms with van der Waals surface area (Å²) in [7, 11) is 1.61. The highest BCUT2D eigenvalue weighted by atomic mass is 16.5. The highest BCUT2D eigenvalue weighted by Crippen LogP contribution is 2.42. The molecule has 2 unspecified atom stereocenters. The summed E-state index contributed by atoms with van der Waals surface area (Å²) in [6.45, 7) is 15.5. The van der Waals surface area contributed by atoms with Crippen LogP contribution in [0, 0.1) is 12.5 Å². The zero-order valence-corrected chi connectivity index (χ0v) is 18.6. The SMILES string of the molecule is [C-]#[N+]CCN(CC)C(C)C1CCN(c2ccc3c(=O)[nH]c(=O)n(C4CC4)c3c2OC)C1. The first-order valence-corrected chi connectivity index (χ1v) is 11.2. The molecule has 8 heteroatoms. The Morgan fingerprint density at radius 3 is 2.74 bits per heavy atom. The van der Waals surface area contributed by atoms with Crippen LogP contribution in [0.25, 0.3) is 15.7 Å². The molecule has 31 heavy (non-hydrogen) atoms. The fraction of sp³-hybridized carbons (Fsp3) is 0.609. The average molecular weight is 426 g/mol. The van der Waals surface area contributed by atoms with Gasteiger partial charge >= 0.3 is 5.69 Å². The van der Waals surface area contributed by atoms with E-state index in [1.807, 2.05) is 12.1 Å². The van der Waals surface area contributed by atoms with E-state index in [0.717, 1.165) is 51.1 Å². The Labute approximate surface area is 182 Å². The van der Waals surface area contributed by atoms with Gasteiger partial charge in [0.25, 0.3) is 5.56 Å². The lowest BCUT2D eigenvalue weighted by Crippen LogP contribution is -2.41. The molecule has 2 fully saturated rings. The molecule has 2 atom stereocenters. The van der Waals surface area contributed by atoms with Crippen LogP contribution >= 0.6 is 0 Å². The van der Waals surface area contributed by atoms with Crippen LogP contribution in [0.15, 0.2) is 21.7 Å². The molecule has 2 aliphatic rings. The Morgan fingerprint density at radius 2 is 2.10 bits per heavy atom. The predicted molar refractivity (Wildman–Crippen MR) is 122 cm³/mol. The van der Waals surface area contributed by atoms with Gasteiger partial charge in [0.15, 0.2) is 5.75 Å². The summed E-state index contributed by atoms with van der Waals surface area (Å²) in [6, 6.07) is 4.27. The maximum absolute atomic E-state index is 12.6. The van der Waals surface area contributed by atoms with Crippen molar-refractivity contribution >= 4 is 16.6 Å². The Balaban J connectivity index is 1.68. The Kier molecular flexibility index (Phi) is 6.05. The third kappa shape index (κ3) is 3.94. The summed E-state index contributed by atoms with van der Waals surface area (Å²) in [5, 5.41) is 0.493. The molecule has 4 rings (SSSR count). The summed E-state index contributed by atoms with van der Waals surface area (Å²) in [5.41, 5.74) is 0.822. The van der Waals surface area contributed by atoms with Crippen LogP contribution in [0.2, 0.25) is 0 Å². The van der Waals surface area contributed by atoms with Crippen molar-refractivity contribution < 1.29 is 4.74 Å². The minimum atomic E-state index is -0.368. The molecule has 1 aromatic carbocycles. The van der Waals surface area contributed by atoms with E-state index in [9.17, 15) is 9.59 Å². The van der Waals surface area contributed by atoms with Gasteiger partial charge in [-0.25, -0.2) is 11.4 Å². The second kappa shape index (κ2) is 8.75. The van der Waals surface area contributed by atoms with E-state index in [1.165, 1.54) is 0 Å². The molecule has 0 amide bonds. The number of nitrogens with zero attached hydrogens (tertiary/aromatic N) is 4. The number of hydrogen-bond donors (Lipinski definition) is 1. The number of benzene rings is 1. The number of nitrogens with one attached hydrogen (secondary N) is 1. The van der Waals surface area contributed by atoms with Crippen molar-refractivity contribution in [3.8, 4) is 5.75 Å². The van der Waals surface area contributed by atoms with Gasteiger partial charge in [-0.2, -0.15) is 0 Å². The van der Waals surface area contributed by atoms with Gasteiger partial charge in [0.05, 0.1) is 24.7 Å². The Morgan fingerprint density at radius 1 is 1.32 bits per heavy atom. The zero-order valence-electron chi connectivity index (χ0n) is 18.6. The molecule has 8 nitrogen and oxygen atoms in total. The van der Waals surface area contributed by atoms with Gasteiger partial charge in [-0.1, -0.05) is 6.92 Å². The van der Waals surface area contributed by atoms with Crippen LogP contribution < -0.4 is 20.9 Å². The number of likely N-dealkylation sites (N-methyl/N-ethyl adjacent to an activating group) is 1. The van der Waals surface area contributed by atoms with Crippen molar-refractivity contribution in [2.45, 2.75) is 45.2 Å². The molecule has 0 radical (unpaired) electrons. The van der Waals surface area contributed by atoms with Crippen molar-refractivity contribution in [3.63, 3.8) is 0 Å². The number of anilines is 1. The van der Waals surface area contributed by atoms with Gasteiger partial charge < -0.3 is 14.5 Å². The van der Waals surface area contributed by atoms with Crippen LogP contribution in [0.4, 0.5) is 5.69 Å². The number of H-pyrrole nitrogens is 1. The third-order valence-corrected chi connectivity index (χ3v) is 6.88. The zero-order chi connectivity index (χ0) is 22.1. The molecular formula is C23H31N5O3. The number of aromatic nitrogens is 2. The van der Waals surface area contributed by atoms with Gasteiger partial charge in [-0.05, 0) is 50.8 Å². The summed E-state index contributed by atoms with van der Waals surface area (Å²) in [6.07, 6.45) is 2.94. The summed E-state index contributed by atoms with van der Waals surface area (Å²) < 4.78 is 7.53. The number of hydrogen-bond acceptors (Lipinski definition) is 5. The fourth-order valence-corrected chi connectivity index (χ4v) is 4.97. The number of fused-ring (bicyclic) bond motifs is 1. The molecule has 1 saturated carbocycles. The van der Waals surface area contributed by atoms with Gasteiger partial charge in [-0.3, -0.25) is 19.2 Å². The molecule has 0 bridgehead atoms. The molecule has 166 valence electrons. The highest BCUT2D eigenvalue weighted by molar-refractivity contribution is 5.90. The lowest BCUT2D eigenvalue weighted by atomic mass is 9.99. The summed E-state index contributed by atoms with van der Waals surface area (Å²) >= 11 is 0. The normalized spacial score (nSPS) is 19.7. The minimum absolute atomic E-state index is 0.128. The summed E-state index contributed by atoms with van der Waals surface area (Å²) in [5.74, 6) is 1.09. The van der Waals surface area contributed by atoms with Crippen LogP contribution in [0.3, 0.4) is 0 Å². The first-order chi connectivity index (χ1) is 15.0. The van der Waals surface area contributed by atoms with E-state index in [0.29, 0.717) is 35.2 Å². The van der Waals surface area contributed by atoms with Crippen LogP contribution in [-0.4, -0.2) is 60.3 Å². The van der Waals surface area contributed by atoms with E-state index in [-0.39, 0.29) is 17.3 Å². The number of rotatable bonds is 8. The van der Waals surface area contributed by atoms with E-state index >= 15 is 0 Å². The smallest absolute Gasteiger partial charge is 0.329 e. The highest BCUT2D eigenvalue weighted by Gasteiger charge is 2.33. The number of ether oxygens (including phenoxy) is 1. The van der Waals surface area contributed by atoms with Gasteiger partial charge in [0.2, 0.25) is 6.54 Å². The second-order valence-corrected chi connectivity index (χ2v) is 8.62. The van der Waals surface area contributed by atoms with Gasteiger partial charge in [0, 0.05) is 25.2 Å². The van der Waals surface area contributed by atoms with Crippen molar-refractivity contribution in [2.24, 2.45) is 5.92 Å². The summed E-state index contributed by atoms with van der Waals surface area (Å²) in [4.78, 5) is 35.7. The largest absolute Gasteiger partial charge is 0.492 e. The lowest BCUT2D eigenvalue weighted by molar-refractivity contribution is 0.177. The topological polar surface area (TPSA) is 74.9 Å². The van der Waals surface area contributed by atoms with Crippen molar-refractivity contribution in [1.82, 2.24) is 14.5 Å². The molecule has 1 aromatic heterocycles. The van der Waals surface area contributed by atoms with E-state index in [4.69, 9.17) is 11.3 Å². The standard InChI is InChI=1S/C23H31N5O3/c1-5-26(13-11-24-3)15(2)16-10-12-27(14-16)19-9-8-18-20(21(19)31-4)28(17-6-7-17)23(30)25-22(18)29/h8-9,15-17H,5-7,10-14H2,1-2,4H3,(H,25,29,30). The van der Waals surface area contributed by atoms with Crippen molar-refractivity contribution in [3.05, 3.63) is 44.4 Å². The molecule has 1 saturated heterocycles. The molecule has 1 aliphatic carbocycles. The quantitative estimate of drug-likeness (QED) is 0.658. The van der Waals surface area contributed by atoms with Crippen LogP contribution in [0.1, 0.15) is 39.2 Å². The maximum atomic E-state index is 12.6. The average Bonchev–Trinajstić information content (AvgIpc) is 3.48. The van der Waals surface area contributed by atoms with Gasteiger partial charge in [0.1, 0.15) is 5.52 Å². The molecule has 2 aromatic rings. The van der Waals surface area contributed by atoms with Crippen molar-refractivity contribution in [1.29, 1.82) is 0 Å². The molecule has 0 spiro atoms. The van der Waals surface area contributed by atoms with Crippen molar-refractivity contribution in [2.75, 3.05) is 44.7 Å². The van der Waals surface area contributed by atoms with Gasteiger partial charge in [-0.15, -0.1) is 0 Å². The van der Waals surface area contributed by atoms with E-state index in [2.05, 4.69) is 33.5 Å². The molecule has 1 N–H and O–H groups in total. The number of methoxy groups -OCH3 is 1. The lowest BCUT2D eigenvalue weighted by Gasteiger charge is -2.31. The first-order valence-electron chi connectivity index (χ1n) is 11.2. The molecule has 1 aliphatic heterocycles. The second-order valence-electron chi connectivity index (χ2n) is 8.62.